The van der Waals surface area contributed by atoms with Gasteiger partial charge in [-0.2, -0.15) is 13.2 Å². The largest absolute Gasteiger partial charge is 0.433 e. The summed E-state index contributed by atoms with van der Waals surface area (Å²) in [6.07, 6.45) is 0.354. The quantitative estimate of drug-likeness (QED) is 0.864. The van der Waals surface area contributed by atoms with Gasteiger partial charge in [0.1, 0.15) is 5.69 Å². The van der Waals surface area contributed by atoms with Crippen molar-refractivity contribution in [3.05, 3.63) is 53.6 Å². The SMILES string of the molecule is CNc1cncc(C(=O)N2CC[C@H](OCc3ccc(C(F)(F)F)nc3)C2)c1. The molecule has 0 bridgehead atoms. The Hall–Kier alpha value is -2.68. The average Bonchev–Trinajstić information content (AvgIpc) is 3.14. The van der Waals surface area contributed by atoms with E-state index in [0.29, 0.717) is 30.6 Å². The third-order valence-electron chi connectivity index (χ3n) is 4.31. The van der Waals surface area contributed by atoms with Crippen LogP contribution in [0.3, 0.4) is 0 Å². The minimum atomic E-state index is -4.45. The van der Waals surface area contributed by atoms with Crippen molar-refractivity contribution >= 4 is 11.6 Å². The van der Waals surface area contributed by atoms with Gasteiger partial charge >= 0.3 is 6.18 Å². The number of alkyl halides is 3. The van der Waals surface area contributed by atoms with Crippen LogP contribution in [0.1, 0.15) is 28.0 Å². The molecule has 3 heterocycles. The van der Waals surface area contributed by atoms with Crippen molar-refractivity contribution in [2.45, 2.75) is 25.3 Å². The number of ether oxygens (including phenoxy) is 1. The molecule has 144 valence electrons. The molecule has 1 aliphatic heterocycles. The first kappa shape index (κ1) is 19.1. The summed E-state index contributed by atoms with van der Waals surface area (Å²) in [5, 5.41) is 2.94. The van der Waals surface area contributed by atoms with Gasteiger partial charge in [-0.1, -0.05) is 6.07 Å². The van der Waals surface area contributed by atoms with Gasteiger partial charge in [0.15, 0.2) is 0 Å². The van der Waals surface area contributed by atoms with Crippen LogP contribution in [0, 0.1) is 0 Å². The molecule has 1 fully saturated rings. The molecule has 1 N–H and O–H groups in total. The standard InChI is InChI=1S/C18H19F3N4O2/c1-22-14-6-13(8-23-9-14)17(26)25-5-4-15(10-25)27-11-12-2-3-16(24-7-12)18(19,20)21/h2-3,6-9,15,22H,4-5,10-11H2,1H3/t15-/m0/s1. The second kappa shape index (κ2) is 7.91. The second-order valence-electron chi connectivity index (χ2n) is 6.23. The van der Waals surface area contributed by atoms with Gasteiger partial charge in [-0.3, -0.25) is 14.8 Å². The van der Waals surface area contributed by atoms with E-state index in [1.807, 2.05) is 0 Å². The maximum absolute atomic E-state index is 12.6. The second-order valence-corrected chi connectivity index (χ2v) is 6.23. The lowest BCUT2D eigenvalue weighted by Crippen LogP contribution is -2.30. The molecule has 0 unspecified atom stereocenters. The van der Waals surface area contributed by atoms with Crippen molar-refractivity contribution in [1.29, 1.82) is 0 Å². The van der Waals surface area contributed by atoms with Gasteiger partial charge < -0.3 is 15.0 Å². The summed E-state index contributed by atoms with van der Waals surface area (Å²) in [5.74, 6) is -0.123. The summed E-state index contributed by atoms with van der Waals surface area (Å²) in [7, 11) is 1.75. The number of nitrogens with one attached hydrogen (secondary N) is 1. The van der Waals surface area contributed by atoms with E-state index in [2.05, 4.69) is 15.3 Å². The van der Waals surface area contributed by atoms with Crippen LogP contribution < -0.4 is 5.32 Å². The number of nitrogens with zero attached hydrogens (tertiary/aromatic N) is 3. The lowest BCUT2D eigenvalue weighted by atomic mass is 10.2. The average molecular weight is 380 g/mol. The molecule has 6 nitrogen and oxygen atoms in total. The first-order chi connectivity index (χ1) is 12.9. The number of hydrogen-bond acceptors (Lipinski definition) is 5. The minimum absolute atomic E-state index is 0.123. The maximum atomic E-state index is 12.6. The number of carbonyl (C=O) groups excluding carboxylic acids is 1. The molecule has 0 aliphatic carbocycles. The molecule has 0 aromatic carbocycles. The number of likely N-dealkylation sites (tertiary alicyclic amines) is 1. The Bertz CT molecular complexity index is 796. The van der Waals surface area contributed by atoms with E-state index in [1.54, 1.807) is 24.2 Å². The van der Waals surface area contributed by atoms with Crippen molar-refractivity contribution in [2.24, 2.45) is 0 Å². The van der Waals surface area contributed by atoms with E-state index in [1.165, 1.54) is 12.3 Å². The highest BCUT2D eigenvalue weighted by Crippen LogP contribution is 2.27. The summed E-state index contributed by atoms with van der Waals surface area (Å²) < 4.78 is 43.3. The van der Waals surface area contributed by atoms with Crippen LogP contribution >= 0.6 is 0 Å². The first-order valence-electron chi connectivity index (χ1n) is 8.42. The lowest BCUT2D eigenvalue weighted by Gasteiger charge is -2.17. The molecule has 2 aromatic rings. The van der Waals surface area contributed by atoms with Crippen LogP contribution in [0.4, 0.5) is 18.9 Å². The number of amides is 1. The molecule has 2 aromatic heterocycles. The number of anilines is 1. The van der Waals surface area contributed by atoms with E-state index in [-0.39, 0.29) is 18.6 Å². The van der Waals surface area contributed by atoms with Crippen LogP contribution in [0.25, 0.3) is 0 Å². The number of carbonyl (C=O) groups is 1. The highest BCUT2D eigenvalue weighted by Gasteiger charge is 2.32. The molecule has 0 spiro atoms. The van der Waals surface area contributed by atoms with E-state index in [9.17, 15) is 18.0 Å². The summed E-state index contributed by atoms with van der Waals surface area (Å²) >= 11 is 0. The molecule has 3 rings (SSSR count). The van der Waals surface area contributed by atoms with Crippen molar-refractivity contribution in [3.8, 4) is 0 Å². The summed E-state index contributed by atoms with van der Waals surface area (Å²) in [5.41, 5.74) is 0.872. The molecular formula is C18H19F3N4O2. The predicted molar refractivity (Wildman–Crippen MR) is 92.1 cm³/mol. The molecule has 27 heavy (non-hydrogen) atoms. The topological polar surface area (TPSA) is 67.4 Å². The summed E-state index contributed by atoms with van der Waals surface area (Å²) in [6, 6.07) is 4.02. The lowest BCUT2D eigenvalue weighted by molar-refractivity contribution is -0.141. The summed E-state index contributed by atoms with van der Waals surface area (Å²) in [6.45, 7) is 1.13. The van der Waals surface area contributed by atoms with Crippen LogP contribution in [0.5, 0.6) is 0 Å². The third kappa shape index (κ3) is 4.73. The normalized spacial score (nSPS) is 17.2. The van der Waals surface area contributed by atoms with Crippen LogP contribution in [0.15, 0.2) is 36.8 Å². The van der Waals surface area contributed by atoms with E-state index >= 15 is 0 Å². The fourth-order valence-electron chi connectivity index (χ4n) is 2.82. The molecule has 1 saturated heterocycles. The van der Waals surface area contributed by atoms with Crippen molar-refractivity contribution < 1.29 is 22.7 Å². The van der Waals surface area contributed by atoms with Crippen molar-refractivity contribution in [2.75, 3.05) is 25.5 Å². The monoisotopic (exact) mass is 380 g/mol. The van der Waals surface area contributed by atoms with Crippen molar-refractivity contribution in [3.63, 3.8) is 0 Å². The van der Waals surface area contributed by atoms with Gasteiger partial charge in [-0.05, 0) is 24.1 Å². The maximum Gasteiger partial charge on any atom is 0.433 e. The highest BCUT2D eigenvalue weighted by molar-refractivity contribution is 5.94. The molecule has 0 radical (unpaired) electrons. The Morgan fingerprint density at radius 3 is 2.81 bits per heavy atom. The van der Waals surface area contributed by atoms with Gasteiger partial charge in [0.25, 0.3) is 5.91 Å². The van der Waals surface area contributed by atoms with Gasteiger partial charge in [-0.25, -0.2) is 0 Å². The molecule has 1 aliphatic rings. The van der Waals surface area contributed by atoms with Gasteiger partial charge in [0.2, 0.25) is 0 Å². The van der Waals surface area contributed by atoms with E-state index < -0.39 is 11.9 Å². The zero-order valence-corrected chi connectivity index (χ0v) is 14.7. The number of aromatic nitrogens is 2. The fraction of sp³-hybridized carbons (Fsp3) is 0.389. The Balaban J connectivity index is 1.53. The molecule has 1 amide bonds. The smallest absolute Gasteiger partial charge is 0.387 e. The number of hydrogen-bond donors (Lipinski definition) is 1. The molecule has 1 atom stereocenters. The fourth-order valence-corrected chi connectivity index (χ4v) is 2.82. The number of rotatable bonds is 5. The minimum Gasteiger partial charge on any atom is -0.387 e. The Morgan fingerprint density at radius 2 is 2.15 bits per heavy atom. The van der Waals surface area contributed by atoms with Gasteiger partial charge in [-0.15, -0.1) is 0 Å². The van der Waals surface area contributed by atoms with Crippen molar-refractivity contribution in [1.82, 2.24) is 14.9 Å². The Morgan fingerprint density at radius 1 is 1.33 bits per heavy atom. The zero-order chi connectivity index (χ0) is 19.4. The van der Waals surface area contributed by atoms with Crippen LogP contribution in [0.2, 0.25) is 0 Å². The third-order valence-corrected chi connectivity index (χ3v) is 4.31. The molecule has 0 saturated carbocycles. The van der Waals surface area contributed by atoms with E-state index in [4.69, 9.17) is 4.74 Å². The Labute approximate surface area is 154 Å². The molecular weight excluding hydrogens is 361 g/mol. The predicted octanol–water partition coefficient (Wildman–Crippen LogP) is 2.97. The van der Waals surface area contributed by atoms with E-state index in [0.717, 1.165) is 18.0 Å². The van der Waals surface area contributed by atoms with Gasteiger partial charge in [0.05, 0.1) is 24.0 Å². The zero-order valence-electron chi connectivity index (χ0n) is 14.7. The van der Waals surface area contributed by atoms with Crippen LogP contribution in [-0.2, 0) is 17.5 Å². The summed E-state index contributed by atoms with van der Waals surface area (Å²) in [4.78, 5) is 21.7. The number of halogens is 3. The highest BCUT2D eigenvalue weighted by atomic mass is 19.4. The van der Waals surface area contributed by atoms with Crippen LogP contribution in [-0.4, -0.2) is 47.0 Å². The number of pyridine rings is 2. The first-order valence-corrected chi connectivity index (χ1v) is 8.42. The molecule has 9 heteroatoms. The van der Waals surface area contributed by atoms with Gasteiger partial charge in [0, 0.05) is 38.7 Å². The Kier molecular flexibility index (Phi) is 5.59.